The highest BCUT2D eigenvalue weighted by Crippen LogP contribution is 2.25. The molecule has 1 amide bonds. The molecule has 98 valence electrons. The van der Waals surface area contributed by atoms with Crippen molar-refractivity contribution >= 4 is 27.5 Å². The fourth-order valence-electron chi connectivity index (χ4n) is 2.50. The maximum atomic E-state index is 12.3. The minimum absolute atomic E-state index is 0.120. The Morgan fingerprint density at radius 2 is 2.33 bits per heavy atom. The van der Waals surface area contributed by atoms with E-state index < -0.39 is 0 Å². The van der Waals surface area contributed by atoms with E-state index in [9.17, 15) is 4.79 Å². The van der Waals surface area contributed by atoms with E-state index in [0.717, 1.165) is 24.0 Å². The van der Waals surface area contributed by atoms with Crippen LogP contribution in [0, 0.1) is 5.92 Å². The van der Waals surface area contributed by atoms with E-state index in [2.05, 4.69) is 22.9 Å². The van der Waals surface area contributed by atoms with Crippen molar-refractivity contribution in [1.29, 1.82) is 0 Å². The van der Waals surface area contributed by atoms with E-state index in [0.29, 0.717) is 17.2 Å². The molecule has 1 saturated heterocycles. The summed E-state index contributed by atoms with van der Waals surface area (Å²) in [5.74, 6) is 0.797. The minimum Gasteiger partial charge on any atom is -0.398 e. The Hall–Kier alpha value is -1.03. The average molecular weight is 311 g/mol. The number of nitrogen functional groups attached to an aromatic ring is 1. The second kappa shape index (κ2) is 5.74. The monoisotopic (exact) mass is 310 g/mol. The van der Waals surface area contributed by atoms with Gasteiger partial charge < -0.3 is 10.6 Å². The lowest BCUT2D eigenvalue weighted by Crippen LogP contribution is -2.28. The summed E-state index contributed by atoms with van der Waals surface area (Å²) in [6.07, 6.45) is 3.55. The molecule has 0 bridgehead atoms. The molecule has 1 fully saturated rings. The lowest BCUT2D eigenvalue weighted by Gasteiger charge is -2.17. The molecule has 0 spiro atoms. The van der Waals surface area contributed by atoms with E-state index in [-0.39, 0.29) is 5.91 Å². The van der Waals surface area contributed by atoms with Crippen molar-refractivity contribution in [3.63, 3.8) is 0 Å². The van der Waals surface area contributed by atoms with E-state index in [1.807, 2.05) is 11.0 Å². The van der Waals surface area contributed by atoms with Gasteiger partial charge in [0.2, 0.25) is 0 Å². The molecule has 0 aliphatic carbocycles. The zero-order valence-electron chi connectivity index (χ0n) is 10.7. The molecule has 1 aromatic rings. The summed E-state index contributed by atoms with van der Waals surface area (Å²) >= 11 is 3.36. The van der Waals surface area contributed by atoms with Crippen molar-refractivity contribution in [2.24, 2.45) is 5.92 Å². The zero-order valence-corrected chi connectivity index (χ0v) is 12.2. The van der Waals surface area contributed by atoms with E-state index >= 15 is 0 Å². The number of hydrogen-bond donors (Lipinski definition) is 1. The molecular weight excluding hydrogens is 292 g/mol. The van der Waals surface area contributed by atoms with Crippen LogP contribution in [0.5, 0.6) is 0 Å². The van der Waals surface area contributed by atoms with Crippen molar-refractivity contribution in [2.75, 3.05) is 18.8 Å². The third-order valence-electron chi connectivity index (χ3n) is 3.52. The molecule has 1 atom stereocenters. The SMILES string of the molecule is CCCC1CCN(C(=O)c2ccc(N)c(Br)c2)C1. The van der Waals surface area contributed by atoms with Gasteiger partial charge in [0.1, 0.15) is 0 Å². The third-order valence-corrected chi connectivity index (χ3v) is 4.20. The van der Waals surface area contributed by atoms with Gasteiger partial charge in [0.15, 0.2) is 0 Å². The van der Waals surface area contributed by atoms with Crippen LogP contribution in [0.15, 0.2) is 22.7 Å². The Morgan fingerprint density at radius 3 is 3.00 bits per heavy atom. The van der Waals surface area contributed by atoms with E-state index in [4.69, 9.17) is 5.73 Å². The molecule has 0 saturated carbocycles. The van der Waals surface area contributed by atoms with Crippen LogP contribution in [0.3, 0.4) is 0 Å². The molecular formula is C14H19BrN2O. The lowest BCUT2D eigenvalue weighted by molar-refractivity contribution is 0.0786. The molecule has 18 heavy (non-hydrogen) atoms. The van der Waals surface area contributed by atoms with Crippen LogP contribution in [0.2, 0.25) is 0 Å². The first kappa shape index (κ1) is 13.4. The number of hydrogen-bond acceptors (Lipinski definition) is 2. The number of benzene rings is 1. The van der Waals surface area contributed by atoms with Crippen LogP contribution >= 0.6 is 15.9 Å². The maximum Gasteiger partial charge on any atom is 0.253 e. The second-order valence-corrected chi connectivity index (χ2v) is 5.79. The Bertz CT molecular complexity index is 447. The van der Waals surface area contributed by atoms with Crippen molar-refractivity contribution in [1.82, 2.24) is 4.90 Å². The van der Waals surface area contributed by atoms with Gasteiger partial charge in [0, 0.05) is 28.8 Å². The van der Waals surface area contributed by atoms with Crippen LogP contribution in [-0.2, 0) is 0 Å². The van der Waals surface area contributed by atoms with Gasteiger partial charge in [-0.05, 0) is 52.9 Å². The predicted octanol–water partition coefficient (Wildman–Crippen LogP) is 3.29. The van der Waals surface area contributed by atoms with Crippen LogP contribution in [0.25, 0.3) is 0 Å². The molecule has 1 aromatic carbocycles. The average Bonchev–Trinajstić information content (AvgIpc) is 2.81. The molecule has 0 aromatic heterocycles. The summed E-state index contributed by atoms with van der Waals surface area (Å²) < 4.78 is 0.789. The summed E-state index contributed by atoms with van der Waals surface area (Å²) in [7, 11) is 0. The van der Waals surface area contributed by atoms with Crippen molar-refractivity contribution in [3.05, 3.63) is 28.2 Å². The standard InChI is InChI=1S/C14H19BrN2O/c1-2-3-10-6-7-17(9-10)14(18)11-4-5-13(16)12(15)8-11/h4-5,8,10H,2-3,6-7,9,16H2,1H3. The Kier molecular flexibility index (Phi) is 4.27. The molecule has 1 unspecified atom stereocenters. The number of rotatable bonds is 3. The van der Waals surface area contributed by atoms with Gasteiger partial charge >= 0.3 is 0 Å². The highest BCUT2D eigenvalue weighted by molar-refractivity contribution is 9.10. The normalized spacial score (nSPS) is 19.2. The quantitative estimate of drug-likeness (QED) is 0.871. The summed E-state index contributed by atoms with van der Waals surface area (Å²) in [6.45, 7) is 3.97. The van der Waals surface area contributed by atoms with Crippen molar-refractivity contribution in [3.8, 4) is 0 Å². The first-order chi connectivity index (χ1) is 8.61. The molecule has 1 aliphatic rings. The Labute approximate surface area is 116 Å². The third kappa shape index (κ3) is 2.86. The zero-order chi connectivity index (χ0) is 13.1. The van der Waals surface area contributed by atoms with E-state index in [1.54, 1.807) is 12.1 Å². The summed E-state index contributed by atoms with van der Waals surface area (Å²) in [4.78, 5) is 14.3. The highest BCUT2D eigenvalue weighted by atomic mass is 79.9. The van der Waals surface area contributed by atoms with Gasteiger partial charge in [-0.25, -0.2) is 0 Å². The van der Waals surface area contributed by atoms with Gasteiger partial charge in [0.05, 0.1) is 0 Å². The van der Waals surface area contributed by atoms with Crippen LogP contribution < -0.4 is 5.73 Å². The molecule has 4 heteroatoms. The summed E-state index contributed by atoms with van der Waals surface area (Å²) in [5.41, 5.74) is 7.11. The number of carbonyl (C=O) groups excluding carboxylic acids is 1. The Balaban J connectivity index is 2.05. The highest BCUT2D eigenvalue weighted by Gasteiger charge is 2.26. The predicted molar refractivity (Wildman–Crippen MR) is 77.5 cm³/mol. The van der Waals surface area contributed by atoms with Crippen molar-refractivity contribution < 1.29 is 4.79 Å². The first-order valence-electron chi connectivity index (χ1n) is 6.46. The summed E-state index contributed by atoms with van der Waals surface area (Å²) in [6, 6.07) is 5.39. The number of nitrogens with two attached hydrogens (primary N) is 1. The molecule has 2 N–H and O–H groups in total. The van der Waals surface area contributed by atoms with Gasteiger partial charge in [0.25, 0.3) is 5.91 Å². The fraction of sp³-hybridized carbons (Fsp3) is 0.500. The summed E-state index contributed by atoms with van der Waals surface area (Å²) in [5, 5.41) is 0. The fourth-order valence-corrected chi connectivity index (χ4v) is 2.88. The maximum absolute atomic E-state index is 12.3. The largest absolute Gasteiger partial charge is 0.398 e. The molecule has 3 nitrogen and oxygen atoms in total. The van der Waals surface area contributed by atoms with Gasteiger partial charge in [-0.2, -0.15) is 0 Å². The van der Waals surface area contributed by atoms with Crippen LogP contribution in [0.4, 0.5) is 5.69 Å². The van der Waals surface area contributed by atoms with Crippen LogP contribution in [0.1, 0.15) is 36.5 Å². The number of anilines is 1. The second-order valence-electron chi connectivity index (χ2n) is 4.93. The van der Waals surface area contributed by atoms with Gasteiger partial charge in [-0.1, -0.05) is 13.3 Å². The smallest absolute Gasteiger partial charge is 0.253 e. The first-order valence-corrected chi connectivity index (χ1v) is 7.25. The lowest BCUT2D eigenvalue weighted by atomic mass is 10.0. The number of carbonyl (C=O) groups is 1. The minimum atomic E-state index is 0.120. The number of likely N-dealkylation sites (tertiary alicyclic amines) is 1. The molecule has 1 heterocycles. The number of amides is 1. The molecule has 2 rings (SSSR count). The van der Waals surface area contributed by atoms with Gasteiger partial charge in [-0.15, -0.1) is 0 Å². The van der Waals surface area contributed by atoms with Crippen molar-refractivity contribution in [2.45, 2.75) is 26.2 Å². The number of nitrogens with zero attached hydrogens (tertiary/aromatic N) is 1. The Morgan fingerprint density at radius 1 is 1.56 bits per heavy atom. The molecule has 0 radical (unpaired) electrons. The van der Waals surface area contributed by atoms with Crippen LogP contribution in [-0.4, -0.2) is 23.9 Å². The topological polar surface area (TPSA) is 46.3 Å². The number of halogens is 1. The van der Waals surface area contributed by atoms with E-state index in [1.165, 1.54) is 12.8 Å². The van der Waals surface area contributed by atoms with Gasteiger partial charge in [-0.3, -0.25) is 4.79 Å². The molecule has 1 aliphatic heterocycles.